The van der Waals surface area contributed by atoms with Gasteiger partial charge in [-0.1, -0.05) is 39.2 Å². The predicted molar refractivity (Wildman–Crippen MR) is 129 cm³/mol. The van der Waals surface area contributed by atoms with Crippen LogP contribution in [0.4, 0.5) is 11.4 Å². The molecule has 0 bridgehead atoms. The molecule has 0 atom stereocenters. The molecule has 0 heterocycles. The highest BCUT2D eigenvalue weighted by atomic mass is 16.5. The Morgan fingerprint density at radius 1 is 1.00 bits per heavy atom. The molecule has 6 heteroatoms. The van der Waals surface area contributed by atoms with Gasteiger partial charge in [-0.15, -0.1) is 0 Å². The van der Waals surface area contributed by atoms with E-state index in [4.69, 9.17) is 4.74 Å². The van der Waals surface area contributed by atoms with Crippen LogP contribution in [-0.4, -0.2) is 31.0 Å². The van der Waals surface area contributed by atoms with Crippen molar-refractivity contribution in [3.05, 3.63) is 54.1 Å². The minimum atomic E-state index is -0.157. The van der Waals surface area contributed by atoms with Crippen LogP contribution in [0.25, 0.3) is 0 Å². The van der Waals surface area contributed by atoms with Gasteiger partial charge in [-0.3, -0.25) is 9.59 Å². The lowest BCUT2D eigenvalue weighted by Crippen LogP contribution is -2.36. The van der Waals surface area contributed by atoms with Crippen LogP contribution < -0.4 is 20.7 Å². The first-order chi connectivity index (χ1) is 15.5. The highest BCUT2D eigenvalue weighted by Gasteiger charge is 2.16. The second kappa shape index (κ2) is 12.1. The molecule has 6 nitrogen and oxygen atoms in total. The third-order valence-corrected chi connectivity index (χ3v) is 5.62. The summed E-state index contributed by atoms with van der Waals surface area (Å²) in [5.41, 5.74) is 2.06. The van der Waals surface area contributed by atoms with Gasteiger partial charge in [0.1, 0.15) is 5.75 Å². The SMILES string of the molecule is CC(C)CCOc1ccc(NC(=O)CNc2cccc(C(=O)NC3CCCCC3)c2)cc1. The second-order valence-corrected chi connectivity index (χ2v) is 8.85. The summed E-state index contributed by atoms with van der Waals surface area (Å²) in [6.07, 6.45) is 6.71. The number of carbonyl (C=O) groups is 2. The highest BCUT2D eigenvalue weighted by Crippen LogP contribution is 2.19. The zero-order valence-corrected chi connectivity index (χ0v) is 19.2. The molecule has 0 saturated heterocycles. The lowest BCUT2D eigenvalue weighted by atomic mass is 9.95. The molecule has 1 saturated carbocycles. The quantitative estimate of drug-likeness (QED) is 0.476. The molecule has 2 amide bonds. The fourth-order valence-electron chi connectivity index (χ4n) is 3.72. The number of rotatable bonds is 10. The molecule has 1 aliphatic rings. The van der Waals surface area contributed by atoms with E-state index in [-0.39, 0.29) is 24.4 Å². The number of anilines is 2. The summed E-state index contributed by atoms with van der Waals surface area (Å²) in [7, 11) is 0. The van der Waals surface area contributed by atoms with E-state index in [1.54, 1.807) is 12.1 Å². The molecule has 0 unspecified atom stereocenters. The molecule has 0 radical (unpaired) electrons. The van der Waals surface area contributed by atoms with Gasteiger partial charge >= 0.3 is 0 Å². The van der Waals surface area contributed by atoms with Crippen molar-refractivity contribution in [2.45, 2.75) is 58.4 Å². The van der Waals surface area contributed by atoms with Crippen molar-refractivity contribution in [2.24, 2.45) is 5.92 Å². The normalized spacial score (nSPS) is 14.1. The fourth-order valence-corrected chi connectivity index (χ4v) is 3.72. The summed E-state index contributed by atoms with van der Waals surface area (Å²) in [6, 6.07) is 14.9. The van der Waals surface area contributed by atoms with Crippen molar-refractivity contribution in [3.63, 3.8) is 0 Å². The standard InChI is InChI=1S/C26H35N3O3/c1-19(2)15-16-32-24-13-11-22(12-14-24)28-25(30)18-27-23-10-6-7-20(17-23)26(31)29-21-8-4-3-5-9-21/h6-7,10-14,17,19,21,27H,3-5,8-9,15-16,18H2,1-2H3,(H,28,30)(H,29,31). The van der Waals surface area contributed by atoms with Crippen molar-refractivity contribution in [1.82, 2.24) is 5.32 Å². The van der Waals surface area contributed by atoms with Gasteiger partial charge in [0, 0.05) is 23.0 Å². The van der Waals surface area contributed by atoms with Gasteiger partial charge in [0.15, 0.2) is 0 Å². The second-order valence-electron chi connectivity index (χ2n) is 8.85. The Bertz CT molecular complexity index is 874. The zero-order valence-electron chi connectivity index (χ0n) is 19.2. The molecule has 3 rings (SSSR count). The highest BCUT2D eigenvalue weighted by molar-refractivity contribution is 5.96. The van der Waals surface area contributed by atoms with Crippen molar-refractivity contribution in [1.29, 1.82) is 0 Å². The Morgan fingerprint density at radius 3 is 2.47 bits per heavy atom. The number of hydrogen-bond donors (Lipinski definition) is 3. The van der Waals surface area contributed by atoms with Gasteiger partial charge in [-0.25, -0.2) is 0 Å². The Balaban J connectivity index is 1.44. The molecular formula is C26H35N3O3. The van der Waals surface area contributed by atoms with Crippen molar-refractivity contribution in [2.75, 3.05) is 23.8 Å². The Kier molecular flexibility index (Phi) is 8.96. The minimum absolute atomic E-state index is 0.0549. The van der Waals surface area contributed by atoms with E-state index >= 15 is 0 Å². The summed E-state index contributed by atoms with van der Waals surface area (Å²) >= 11 is 0. The summed E-state index contributed by atoms with van der Waals surface area (Å²) in [6.45, 7) is 5.13. The molecule has 1 fully saturated rings. The summed E-state index contributed by atoms with van der Waals surface area (Å²) in [5.74, 6) is 1.19. The molecule has 2 aromatic rings. The van der Waals surface area contributed by atoms with Gasteiger partial charge in [0.25, 0.3) is 5.91 Å². The largest absolute Gasteiger partial charge is 0.494 e. The molecule has 32 heavy (non-hydrogen) atoms. The van der Waals surface area contributed by atoms with E-state index in [9.17, 15) is 9.59 Å². The molecular weight excluding hydrogens is 402 g/mol. The van der Waals surface area contributed by atoms with Gasteiger partial charge in [-0.05, 0) is 67.6 Å². The van der Waals surface area contributed by atoms with Gasteiger partial charge in [0.05, 0.1) is 13.2 Å². The van der Waals surface area contributed by atoms with Crippen molar-refractivity contribution >= 4 is 23.2 Å². The average molecular weight is 438 g/mol. The maximum atomic E-state index is 12.5. The first-order valence-corrected chi connectivity index (χ1v) is 11.7. The lowest BCUT2D eigenvalue weighted by molar-refractivity contribution is -0.114. The predicted octanol–water partition coefficient (Wildman–Crippen LogP) is 5.22. The Labute approximate surface area is 191 Å². The van der Waals surface area contributed by atoms with Crippen LogP contribution in [0.15, 0.2) is 48.5 Å². The van der Waals surface area contributed by atoms with Gasteiger partial charge < -0.3 is 20.7 Å². The molecule has 172 valence electrons. The summed E-state index contributed by atoms with van der Waals surface area (Å²) < 4.78 is 5.70. The fraction of sp³-hybridized carbons (Fsp3) is 0.462. The topological polar surface area (TPSA) is 79.5 Å². The van der Waals surface area contributed by atoms with Crippen LogP contribution in [0, 0.1) is 5.92 Å². The minimum Gasteiger partial charge on any atom is -0.494 e. The molecule has 2 aromatic carbocycles. The lowest BCUT2D eigenvalue weighted by Gasteiger charge is -2.22. The van der Waals surface area contributed by atoms with E-state index in [2.05, 4.69) is 29.8 Å². The number of amides is 2. The molecule has 0 aliphatic heterocycles. The van der Waals surface area contributed by atoms with Crippen LogP contribution in [0.1, 0.15) is 62.7 Å². The number of nitrogens with one attached hydrogen (secondary N) is 3. The average Bonchev–Trinajstić information content (AvgIpc) is 2.79. The van der Waals surface area contributed by atoms with Crippen LogP contribution in [0.3, 0.4) is 0 Å². The smallest absolute Gasteiger partial charge is 0.251 e. The van der Waals surface area contributed by atoms with E-state index < -0.39 is 0 Å². The summed E-state index contributed by atoms with van der Waals surface area (Å²) in [5, 5.41) is 9.09. The van der Waals surface area contributed by atoms with Gasteiger partial charge in [-0.2, -0.15) is 0 Å². The van der Waals surface area contributed by atoms with Gasteiger partial charge in [0.2, 0.25) is 5.91 Å². The van der Waals surface area contributed by atoms with E-state index in [1.165, 1.54) is 19.3 Å². The Morgan fingerprint density at radius 2 is 1.75 bits per heavy atom. The van der Waals surface area contributed by atoms with E-state index in [1.807, 2.05) is 36.4 Å². The molecule has 0 aromatic heterocycles. The Hall–Kier alpha value is -3.02. The number of carbonyl (C=O) groups excluding carboxylic acids is 2. The zero-order chi connectivity index (χ0) is 22.8. The third-order valence-electron chi connectivity index (χ3n) is 5.62. The number of hydrogen-bond acceptors (Lipinski definition) is 4. The van der Waals surface area contributed by atoms with E-state index in [0.717, 1.165) is 30.7 Å². The molecule has 3 N–H and O–H groups in total. The monoisotopic (exact) mass is 437 g/mol. The van der Waals surface area contributed by atoms with Crippen LogP contribution >= 0.6 is 0 Å². The third kappa shape index (κ3) is 7.91. The van der Waals surface area contributed by atoms with Crippen molar-refractivity contribution < 1.29 is 14.3 Å². The summed E-state index contributed by atoms with van der Waals surface area (Å²) in [4.78, 5) is 24.9. The van der Waals surface area contributed by atoms with Crippen LogP contribution in [-0.2, 0) is 4.79 Å². The van der Waals surface area contributed by atoms with Crippen LogP contribution in [0.5, 0.6) is 5.75 Å². The van der Waals surface area contributed by atoms with E-state index in [0.29, 0.717) is 23.8 Å². The maximum absolute atomic E-state index is 12.5. The first-order valence-electron chi connectivity index (χ1n) is 11.7. The first kappa shape index (κ1) is 23.6. The number of ether oxygens (including phenoxy) is 1. The number of benzene rings is 2. The van der Waals surface area contributed by atoms with Crippen molar-refractivity contribution in [3.8, 4) is 5.75 Å². The maximum Gasteiger partial charge on any atom is 0.251 e. The van der Waals surface area contributed by atoms with Crippen LogP contribution in [0.2, 0.25) is 0 Å². The molecule has 1 aliphatic carbocycles. The molecule has 0 spiro atoms.